The largest absolute Gasteiger partial charge is 0.464 e. The molecule has 0 radical (unpaired) electrons. The molecule has 0 aliphatic rings. The molecule has 0 saturated heterocycles. The fraction of sp³-hybridized carbons (Fsp3) is 0.0952. The second-order valence-corrected chi connectivity index (χ2v) is 6.22. The second-order valence-electron chi connectivity index (χ2n) is 6.22. The molecule has 1 N–H and O–H groups in total. The molecule has 0 saturated carbocycles. The highest BCUT2D eigenvalue weighted by Gasteiger charge is 2.30. The first kappa shape index (κ1) is 17.1. The Kier molecular flexibility index (Phi) is 4.11. The van der Waals surface area contributed by atoms with Gasteiger partial charge in [-0.25, -0.2) is 0 Å². The summed E-state index contributed by atoms with van der Waals surface area (Å²) in [5, 5.41) is 5.52. The Morgan fingerprint density at radius 1 is 0.963 bits per heavy atom. The van der Waals surface area contributed by atoms with E-state index >= 15 is 0 Å². The number of nitrogens with one attached hydrogen (secondary N) is 1. The summed E-state index contributed by atoms with van der Waals surface area (Å²) in [6.07, 6.45) is -2.80. The molecule has 0 aliphatic heterocycles. The normalized spacial score (nSPS) is 11.8. The Balaban J connectivity index is 1.57. The van der Waals surface area contributed by atoms with Crippen LogP contribution in [0.4, 0.5) is 18.9 Å². The number of hydrogen-bond acceptors (Lipinski definition) is 2. The van der Waals surface area contributed by atoms with Crippen molar-refractivity contribution in [3.63, 3.8) is 0 Å². The quantitative estimate of drug-likeness (QED) is 0.497. The highest BCUT2D eigenvalue weighted by atomic mass is 19.4. The van der Waals surface area contributed by atoms with Crippen molar-refractivity contribution < 1.29 is 22.4 Å². The number of hydrogen-bond donors (Lipinski definition) is 1. The van der Waals surface area contributed by atoms with E-state index in [1.54, 1.807) is 6.26 Å². The van der Waals surface area contributed by atoms with Crippen molar-refractivity contribution in [3.8, 4) is 0 Å². The van der Waals surface area contributed by atoms with Gasteiger partial charge < -0.3 is 9.73 Å². The van der Waals surface area contributed by atoms with E-state index in [0.717, 1.165) is 33.9 Å². The molecule has 1 heterocycles. The van der Waals surface area contributed by atoms with E-state index in [1.807, 2.05) is 36.4 Å². The summed E-state index contributed by atoms with van der Waals surface area (Å²) in [5.41, 5.74) is 0.968. The van der Waals surface area contributed by atoms with Crippen LogP contribution in [-0.4, -0.2) is 5.91 Å². The molecule has 4 aromatic rings. The van der Waals surface area contributed by atoms with Gasteiger partial charge in [0.15, 0.2) is 0 Å². The molecule has 0 atom stereocenters. The summed E-state index contributed by atoms with van der Waals surface area (Å²) in [5.74, 6) is -0.328. The molecule has 136 valence electrons. The fourth-order valence-corrected chi connectivity index (χ4v) is 3.13. The van der Waals surface area contributed by atoms with Crippen molar-refractivity contribution in [2.75, 3.05) is 5.32 Å². The van der Waals surface area contributed by atoms with Crippen LogP contribution in [0, 0.1) is 0 Å². The number of amides is 1. The third-order valence-corrected chi connectivity index (χ3v) is 4.39. The smallest absolute Gasteiger partial charge is 0.416 e. The monoisotopic (exact) mass is 369 g/mol. The fourth-order valence-electron chi connectivity index (χ4n) is 3.13. The van der Waals surface area contributed by atoms with Gasteiger partial charge in [0, 0.05) is 16.6 Å². The Morgan fingerprint density at radius 3 is 2.44 bits per heavy atom. The molecule has 3 nitrogen and oxygen atoms in total. The Morgan fingerprint density at radius 2 is 1.70 bits per heavy atom. The molecule has 0 aliphatic carbocycles. The van der Waals surface area contributed by atoms with E-state index in [0.29, 0.717) is 11.3 Å². The minimum absolute atomic E-state index is 0.0576. The van der Waals surface area contributed by atoms with E-state index in [1.165, 1.54) is 12.1 Å². The molecule has 6 heteroatoms. The van der Waals surface area contributed by atoms with E-state index in [4.69, 9.17) is 4.42 Å². The zero-order valence-corrected chi connectivity index (χ0v) is 14.0. The second kappa shape index (κ2) is 6.46. The minimum atomic E-state index is -4.40. The number of benzene rings is 3. The zero-order chi connectivity index (χ0) is 19.0. The van der Waals surface area contributed by atoms with Crippen molar-refractivity contribution in [1.29, 1.82) is 0 Å². The molecule has 27 heavy (non-hydrogen) atoms. The van der Waals surface area contributed by atoms with Gasteiger partial charge in [0.2, 0.25) is 5.91 Å². The molecule has 3 aromatic carbocycles. The lowest BCUT2D eigenvalue weighted by Crippen LogP contribution is -2.14. The predicted molar refractivity (Wildman–Crippen MR) is 97.5 cm³/mol. The highest BCUT2D eigenvalue weighted by Crippen LogP contribution is 2.31. The van der Waals surface area contributed by atoms with Crippen molar-refractivity contribution >= 4 is 33.3 Å². The van der Waals surface area contributed by atoms with E-state index in [2.05, 4.69) is 5.32 Å². The maximum Gasteiger partial charge on any atom is 0.416 e. The number of anilines is 1. The van der Waals surface area contributed by atoms with Gasteiger partial charge in [-0.1, -0.05) is 30.3 Å². The first-order valence-corrected chi connectivity index (χ1v) is 8.27. The lowest BCUT2D eigenvalue weighted by atomic mass is 10.0. The van der Waals surface area contributed by atoms with Gasteiger partial charge in [-0.2, -0.15) is 13.2 Å². The van der Waals surface area contributed by atoms with Gasteiger partial charge in [0.05, 0.1) is 18.2 Å². The van der Waals surface area contributed by atoms with Crippen LogP contribution in [0.25, 0.3) is 21.7 Å². The molecular formula is C21H14F3NO2. The molecule has 0 fully saturated rings. The number of carbonyl (C=O) groups is 1. The van der Waals surface area contributed by atoms with Crippen LogP contribution in [-0.2, 0) is 17.4 Å². The molecule has 4 rings (SSSR count). The van der Waals surface area contributed by atoms with Gasteiger partial charge in [-0.3, -0.25) is 4.79 Å². The van der Waals surface area contributed by atoms with Crippen LogP contribution in [0.15, 0.2) is 71.3 Å². The number of fused-ring (bicyclic) bond motifs is 3. The van der Waals surface area contributed by atoms with Crippen molar-refractivity contribution in [2.45, 2.75) is 12.6 Å². The summed E-state index contributed by atoms with van der Waals surface area (Å²) < 4.78 is 43.4. The molecule has 0 unspecified atom stereocenters. The standard InChI is InChI=1S/C21H14F3NO2/c22-21(23,24)15-6-8-16(9-7-15)25-19(26)11-14-12-27-18-10-5-13-3-1-2-4-17(13)20(14)18/h1-10,12H,11H2,(H,25,26). The summed E-state index contributed by atoms with van der Waals surface area (Å²) in [4.78, 5) is 12.4. The van der Waals surface area contributed by atoms with Crippen LogP contribution in [0.1, 0.15) is 11.1 Å². The summed E-state index contributed by atoms with van der Waals surface area (Å²) in [6, 6.07) is 16.0. The third-order valence-electron chi connectivity index (χ3n) is 4.39. The lowest BCUT2D eigenvalue weighted by molar-refractivity contribution is -0.137. The third kappa shape index (κ3) is 3.38. The number of furan rings is 1. The predicted octanol–water partition coefficient (Wildman–Crippen LogP) is 5.79. The van der Waals surface area contributed by atoms with Gasteiger partial charge in [0.1, 0.15) is 5.58 Å². The van der Waals surface area contributed by atoms with Crippen LogP contribution >= 0.6 is 0 Å². The Labute approximate surface area is 152 Å². The van der Waals surface area contributed by atoms with Crippen LogP contribution < -0.4 is 5.32 Å². The van der Waals surface area contributed by atoms with Crippen molar-refractivity contribution in [2.24, 2.45) is 0 Å². The summed E-state index contributed by atoms with van der Waals surface area (Å²) in [7, 11) is 0. The van der Waals surface area contributed by atoms with Crippen LogP contribution in [0.3, 0.4) is 0 Å². The van der Waals surface area contributed by atoms with Gasteiger partial charge >= 0.3 is 6.18 Å². The number of rotatable bonds is 3. The molecule has 0 bridgehead atoms. The minimum Gasteiger partial charge on any atom is -0.464 e. The maximum absolute atomic E-state index is 12.6. The summed E-state index contributed by atoms with van der Waals surface area (Å²) >= 11 is 0. The van der Waals surface area contributed by atoms with Crippen LogP contribution in [0.5, 0.6) is 0 Å². The van der Waals surface area contributed by atoms with Crippen molar-refractivity contribution in [1.82, 2.24) is 0 Å². The topological polar surface area (TPSA) is 42.2 Å². The number of alkyl halides is 3. The molecule has 0 spiro atoms. The average molecular weight is 369 g/mol. The van der Waals surface area contributed by atoms with Gasteiger partial charge in [-0.15, -0.1) is 0 Å². The Bertz CT molecular complexity index is 1130. The maximum atomic E-state index is 12.6. The first-order chi connectivity index (χ1) is 12.9. The van der Waals surface area contributed by atoms with Gasteiger partial charge in [0.25, 0.3) is 0 Å². The average Bonchev–Trinajstić information content (AvgIpc) is 3.04. The molecule has 1 amide bonds. The lowest BCUT2D eigenvalue weighted by Gasteiger charge is -2.09. The molecular weight excluding hydrogens is 355 g/mol. The molecule has 1 aromatic heterocycles. The zero-order valence-electron chi connectivity index (χ0n) is 14.0. The Hall–Kier alpha value is -3.28. The highest BCUT2D eigenvalue weighted by molar-refractivity contribution is 6.09. The number of halogens is 3. The SMILES string of the molecule is O=C(Cc1coc2ccc3ccccc3c12)Nc1ccc(C(F)(F)F)cc1. The first-order valence-electron chi connectivity index (χ1n) is 8.27. The van der Waals surface area contributed by atoms with Crippen molar-refractivity contribution in [3.05, 3.63) is 78.1 Å². The number of carbonyl (C=O) groups excluding carboxylic acids is 1. The summed E-state index contributed by atoms with van der Waals surface area (Å²) in [6.45, 7) is 0. The van der Waals surface area contributed by atoms with E-state index < -0.39 is 11.7 Å². The van der Waals surface area contributed by atoms with Gasteiger partial charge in [-0.05, 0) is 41.1 Å². The van der Waals surface area contributed by atoms with E-state index in [9.17, 15) is 18.0 Å². The van der Waals surface area contributed by atoms with E-state index in [-0.39, 0.29) is 12.3 Å². The van der Waals surface area contributed by atoms with Crippen LogP contribution in [0.2, 0.25) is 0 Å².